The van der Waals surface area contributed by atoms with E-state index in [2.05, 4.69) is 20.2 Å². The number of nitrogens with zero attached hydrogens (tertiary/aromatic N) is 4. The summed E-state index contributed by atoms with van der Waals surface area (Å²) < 4.78 is 23.1. The van der Waals surface area contributed by atoms with E-state index in [9.17, 15) is 8.42 Å². The van der Waals surface area contributed by atoms with Crippen molar-refractivity contribution in [3.05, 3.63) is 6.20 Å². The van der Waals surface area contributed by atoms with Gasteiger partial charge in [0.2, 0.25) is 5.95 Å². The number of hydrogen-bond donors (Lipinski definition) is 2. The van der Waals surface area contributed by atoms with Crippen LogP contribution in [0.1, 0.15) is 6.42 Å². The van der Waals surface area contributed by atoms with Crippen LogP contribution in [0.5, 0.6) is 0 Å². The molecule has 3 rings (SSSR count). The molecule has 1 aliphatic heterocycles. The zero-order chi connectivity index (χ0) is 13.6. The lowest BCUT2D eigenvalue weighted by atomic mass is 10.2. The number of nitrogen functional groups attached to an aromatic ring is 1. The van der Waals surface area contributed by atoms with Crippen LogP contribution in [0, 0.1) is 0 Å². The zero-order valence-electron chi connectivity index (χ0n) is 10.4. The van der Waals surface area contributed by atoms with Crippen LogP contribution in [0.2, 0.25) is 0 Å². The van der Waals surface area contributed by atoms with E-state index < -0.39 is 9.84 Å². The van der Waals surface area contributed by atoms with Crippen molar-refractivity contribution in [1.29, 1.82) is 0 Å². The summed E-state index contributed by atoms with van der Waals surface area (Å²) in [6.45, 7) is 0. The Balaban J connectivity index is 2.02. The largest absolute Gasteiger partial charge is 0.368 e. The maximum atomic E-state index is 11.6. The van der Waals surface area contributed by atoms with Gasteiger partial charge in [-0.2, -0.15) is 15.1 Å². The number of nitrogens with one attached hydrogen (secondary N) is 1. The summed E-state index contributed by atoms with van der Waals surface area (Å²) in [4.78, 5) is 10.1. The van der Waals surface area contributed by atoms with Crippen molar-refractivity contribution in [3.8, 4) is 0 Å². The number of rotatable bonds is 2. The first-order chi connectivity index (χ1) is 8.96. The summed E-state index contributed by atoms with van der Waals surface area (Å²) >= 11 is 0. The van der Waals surface area contributed by atoms with Gasteiger partial charge in [0.1, 0.15) is 5.82 Å². The fourth-order valence-corrected chi connectivity index (χ4v) is 4.13. The maximum absolute atomic E-state index is 11.6. The average molecular weight is 282 g/mol. The van der Waals surface area contributed by atoms with E-state index >= 15 is 0 Å². The van der Waals surface area contributed by atoms with E-state index in [-0.39, 0.29) is 23.5 Å². The van der Waals surface area contributed by atoms with Gasteiger partial charge >= 0.3 is 0 Å². The molecule has 3 heterocycles. The van der Waals surface area contributed by atoms with Crippen molar-refractivity contribution in [2.24, 2.45) is 0 Å². The van der Waals surface area contributed by atoms with Crippen LogP contribution in [0.3, 0.4) is 0 Å². The highest BCUT2D eigenvalue weighted by Crippen LogP contribution is 2.27. The van der Waals surface area contributed by atoms with Gasteiger partial charge in [-0.15, -0.1) is 0 Å². The van der Waals surface area contributed by atoms with Gasteiger partial charge in [-0.25, -0.2) is 8.42 Å². The second-order valence-corrected chi connectivity index (χ2v) is 6.93. The lowest BCUT2D eigenvalue weighted by Gasteiger charge is -2.24. The molecule has 1 fully saturated rings. The van der Waals surface area contributed by atoms with Crippen molar-refractivity contribution in [2.45, 2.75) is 12.5 Å². The van der Waals surface area contributed by atoms with Crippen molar-refractivity contribution >= 4 is 32.6 Å². The molecule has 0 aromatic carbocycles. The Morgan fingerprint density at radius 1 is 1.47 bits per heavy atom. The molecule has 1 saturated heterocycles. The smallest absolute Gasteiger partial charge is 0.224 e. The van der Waals surface area contributed by atoms with Crippen LogP contribution in [0.25, 0.3) is 11.0 Å². The van der Waals surface area contributed by atoms with E-state index in [0.717, 1.165) is 5.39 Å². The molecule has 1 aliphatic rings. The second-order valence-electron chi connectivity index (χ2n) is 4.71. The van der Waals surface area contributed by atoms with E-state index in [4.69, 9.17) is 5.73 Å². The predicted octanol–water partition coefficient (Wildman–Crippen LogP) is -0.442. The topological polar surface area (TPSA) is 118 Å². The molecule has 1 atom stereocenters. The first-order valence-electron chi connectivity index (χ1n) is 5.86. The number of anilines is 2. The van der Waals surface area contributed by atoms with Crippen molar-refractivity contribution in [3.63, 3.8) is 0 Å². The van der Waals surface area contributed by atoms with Gasteiger partial charge in [0.05, 0.1) is 23.1 Å². The highest BCUT2D eigenvalue weighted by molar-refractivity contribution is 7.91. The number of aromatic nitrogens is 4. The molecule has 0 radical (unpaired) electrons. The molecule has 0 amide bonds. The van der Waals surface area contributed by atoms with E-state index in [1.54, 1.807) is 6.20 Å². The maximum Gasteiger partial charge on any atom is 0.224 e. The Morgan fingerprint density at radius 2 is 2.26 bits per heavy atom. The minimum atomic E-state index is -2.94. The molecule has 0 saturated carbocycles. The average Bonchev–Trinajstić information content (AvgIpc) is 2.93. The molecule has 102 valence electrons. The van der Waals surface area contributed by atoms with Crippen LogP contribution >= 0.6 is 0 Å². The number of hydrogen-bond acceptors (Lipinski definition) is 7. The van der Waals surface area contributed by atoms with Gasteiger partial charge in [0.25, 0.3) is 0 Å². The summed E-state index contributed by atoms with van der Waals surface area (Å²) in [6.07, 6.45) is 2.21. The molecule has 0 bridgehead atoms. The molecule has 8 nitrogen and oxygen atoms in total. The van der Waals surface area contributed by atoms with Crippen LogP contribution in [-0.2, 0) is 9.84 Å². The van der Waals surface area contributed by atoms with Gasteiger partial charge in [-0.05, 0) is 6.42 Å². The zero-order valence-corrected chi connectivity index (χ0v) is 11.2. The molecular formula is C10H14N6O2S. The summed E-state index contributed by atoms with van der Waals surface area (Å²) in [7, 11) is -1.12. The van der Waals surface area contributed by atoms with Crippen molar-refractivity contribution in [1.82, 2.24) is 20.2 Å². The third kappa shape index (κ3) is 2.09. The first kappa shape index (κ1) is 12.2. The molecule has 1 unspecified atom stereocenters. The summed E-state index contributed by atoms with van der Waals surface area (Å²) in [6, 6.07) is -0.0857. The molecule has 3 N–H and O–H groups in total. The highest BCUT2D eigenvalue weighted by Gasteiger charge is 2.32. The Morgan fingerprint density at radius 3 is 2.95 bits per heavy atom. The molecule has 19 heavy (non-hydrogen) atoms. The fraction of sp³-hybridized carbons (Fsp3) is 0.500. The van der Waals surface area contributed by atoms with Crippen LogP contribution in [-0.4, -0.2) is 53.2 Å². The molecule has 2 aromatic rings. The first-order valence-corrected chi connectivity index (χ1v) is 7.68. The third-order valence-corrected chi connectivity index (χ3v) is 5.15. The normalized spacial score (nSPS) is 21.8. The van der Waals surface area contributed by atoms with Gasteiger partial charge in [-0.3, -0.25) is 5.10 Å². The van der Waals surface area contributed by atoms with Crippen molar-refractivity contribution in [2.75, 3.05) is 29.2 Å². The molecular weight excluding hydrogens is 268 g/mol. The number of H-pyrrole nitrogens is 1. The molecule has 0 spiro atoms. The molecule has 0 aliphatic carbocycles. The van der Waals surface area contributed by atoms with Gasteiger partial charge in [0, 0.05) is 13.1 Å². The lowest BCUT2D eigenvalue weighted by molar-refractivity contribution is 0.600. The summed E-state index contributed by atoms with van der Waals surface area (Å²) in [5.41, 5.74) is 6.21. The Hall–Kier alpha value is -1.90. The Labute approximate surface area is 109 Å². The molecule has 9 heteroatoms. The van der Waals surface area contributed by atoms with E-state index in [1.165, 1.54) is 0 Å². The fourth-order valence-electron chi connectivity index (χ4n) is 2.36. The lowest BCUT2D eigenvalue weighted by Crippen LogP contribution is -2.33. The van der Waals surface area contributed by atoms with Crippen LogP contribution in [0.15, 0.2) is 6.20 Å². The monoisotopic (exact) mass is 282 g/mol. The van der Waals surface area contributed by atoms with E-state index in [1.807, 2.05) is 11.9 Å². The number of nitrogens with two attached hydrogens (primary N) is 1. The summed E-state index contributed by atoms with van der Waals surface area (Å²) in [5.74, 6) is 1.11. The SMILES string of the molecule is CN(c1nc(N)nc2[nH]ncc12)C1CCS(=O)(=O)C1. The highest BCUT2D eigenvalue weighted by atomic mass is 32.2. The number of aromatic amines is 1. The summed E-state index contributed by atoms with van der Waals surface area (Å²) in [5, 5.41) is 7.39. The van der Waals surface area contributed by atoms with Crippen LogP contribution in [0.4, 0.5) is 11.8 Å². The standard InChI is InChI=1S/C10H14N6O2S/c1-16(6-2-3-19(17,18)5-6)9-7-4-12-15-8(7)13-10(11)14-9/h4,6H,2-3,5H2,1H3,(H3,11,12,13,14,15). The second kappa shape index (κ2) is 4.05. The number of sulfone groups is 1. The third-order valence-electron chi connectivity index (χ3n) is 3.40. The predicted molar refractivity (Wildman–Crippen MR) is 71.6 cm³/mol. The van der Waals surface area contributed by atoms with Crippen LogP contribution < -0.4 is 10.6 Å². The van der Waals surface area contributed by atoms with Gasteiger partial charge < -0.3 is 10.6 Å². The quantitative estimate of drug-likeness (QED) is 0.766. The number of fused-ring (bicyclic) bond motifs is 1. The Bertz CT molecular complexity index is 725. The van der Waals surface area contributed by atoms with Gasteiger partial charge in [-0.1, -0.05) is 0 Å². The van der Waals surface area contributed by atoms with Gasteiger partial charge in [0.15, 0.2) is 15.5 Å². The molecule has 2 aromatic heterocycles. The Kier molecular flexibility index (Phi) is 2.59. The minimum Gasteiger partial charge on any atom is -0.368 e. The van der Waals surface area contributed by atoms with E-state index in [0.29, 0.717) is 17.9 Å². The van der Waals surface area contributed by atoms with Crippen molar-refractivity contribution < 1.29 is 8.42 Å². The minimum absolute atomic E-state index is 0.0857.